The van der Waals surface area contributed by atoms with E-state index in [1.807, 2.05) is 0 Å². The highest BCUT2D eigenvalue weighted by atomic mass is 31.2. The molecule has 0 fully saturated rings. The Labute approximate surface area is 117 Å². The van der Waals surface area contributed by atoms with E-state index >= 15 is 0 Å². The van der Waals surface area contributed by atoms with Gasteiger partial charge in [0.2, 0.25) is 0 Å². The SMILES string of the molecule is CC(C)P(CP(=O)(C(C)(C)C)C(C)(C)C)C(C)C. The molecule has 0 rings (SSSR count). The van der Waals surface area contributed by atoms with Gasteiger partial charge in [-0.2, -0.15) is 0 Å². The molecule has 0 atom stereocenters. The average Bonchev–Trinajstić information content (AvgIpc) is 2.08. The molecule has 0 unspecified atom stereocenters. The molecule has 0 aliphatic heterocycles. The number of hydrogen-bond donors (Lipinski definition) is 0. The van der Waals surface area contributed by atoms with Gasteiger partial charge in [-0.3, -0.25) is 0 Å². The van der Waals surface area contributed by atoms with E-state index in [9.17, 15) is 4.57 Å². The van der Waals surface area contributed by atoms with Crippen molar-refractivity contribution in [2.24, 2.45) is 0 Å². The lowest BCUT2D eigenvalue weighted by Crippen LogP contribution is -2.31. The van der Waals surface area contributed by atoms with Gasteiger partial charge in [-0.05, 0) is 11.3 Å². The highest BCUT2D eigenvalue weighted by molar-refractivity contribution is 7.80. The molecular formula is C15H34OP2. The smallest absolute Gasteiger partial charge is 0.102 e. The fraction of sp³-hybridized carbons (Fsp3) is 1.00. The Kier molecular flexibility index (Phi) is 6.19. The van der Waals surface area contributed by atoms with E-state index in [2.05, 4.69) is 69.2 Å². The van der Waals surface area contributed by atoms with E-state index in [0.29, 0.717) is 11.3 Å². The normalized spacial score (nSPS) is 14.9. The van der Waals surface area contributed by atoms with Crippen LogP contribution in [0.5, 0.6) is 0 Å². The lowest BCUT2D eigenvalue weighted by molar-refractivity contribution is 0.522. The lowest BCUT2D eigenvalue weighted by Gasteiger charge is -2.44. The van der Waals surface area contributed by atoms with Gasteiger partial charge in [0.25, 0.3) is 0 Å². The Morgan fingerprint density at radius 2 is 1.11 bits per heavy atom. The van der Waals surface area contributed by atoms with Crippen molar-refractivity contribution in [1.82, 2.24) is 0 Å². The predicted octanol–water partition coefficient (Wildman–Crippen LogP) is 6.20. The van der Waals surface area contributed by atoms with Crippen molar-refractivity contribution in [2.75, 3.05) is 5.90 Å². The lowest BCUT2D eigenvalue weighted by atomic mass is 10.2. The Hall–Kier alpha value is 0.660. The largest absolute Gasteiger partial charge is 0.322 e. The summed E-state index contributed by atoms with van der Waals surface area (Å²) in [7, 11) is -2.38. The molecule has 0 N–H and O–H groups in total. The van der Waals surface area contributed by atoms with Gasteiger partial charge >= 0.3 is 0 Å². The summed E-state index contributed by atoms with van der Waals surface area (Å²) in [5.74, 6) is 0.949. The van der Waals surface area contributed by atoms with Gasteiger partial charge < -0.3 is 4.57 Å². The molecule has 110 valence electrons. The molecule has 1 nitrogen and oxygen atoms in total. The Morgan fingerprint density at radius 3 is 1.28 bits per heavy atom. The molecule has 0 aliphatic carbocycles. The van der Waals surface area contributed by atoms with Crippen LogP contribution in [0, 0.1) is 0 Å². The average molecular weight is 292 g/mol. The van der Waals surface area contributed by atoms with Crippen molar-refractivity contribution in [2.45, 2.75) is 90.9 Å². The molecule has 3 heteroatoms. The van der Waals surface area contributed by atoms with Gasteiger partial charge in [-0.1, -0.05) is 77.2 Å². The summed E-state index contributed by atoms with van der Waals surface area (Å²) in [6, 6.07) is 0. The van der Waals surface area contributed by atoms with Gasteiger partial charge in [0.15, 0.2) is 0 Å². The third-order valence-corrected chi connectivity index (χ3v) is 13.7. The van der Waals surface area contributed by atoms with Crippen LogP contribution in [0.25, 0.3) is 0 Å². The third kappa shape index (κ3) is 4.08. The van der Waals surface area contributed by atoms with E-state index in [4.69, 9.17) is 0 Å². The van der Waals surface area contributed by atoms with E-state index < -0.39 is 7.14 Å². The molecule has 0 bridgehead atoms. The van der Waals surface area contributed by atoms with E-state index in [1.54, 1.807) is 0 Å². The standard InChI is InChI=1S/C15H34OP2/c1-12(2)17(13(3)4)11-18(16,14(5,6)7)15(8,9)10/h12-13H,11H2,1-10H3. The quantitative estimate of drug-likeness (QED) is 0.563. The van der Waals surface area contributed by atoms with E-state index in [1.165, 1.54) is 0 Å². The van der Waals surface area contributed by atoms with Crippen LogP contribution in [0.1, 0.15) is 69.2 Å². The molecule has 0 amide bonds. The van der Waals surface area contributed by atoms with Crippen molar-refractivity contribution in [3.63, 3.8) is 0 Å². The molecule has 0 spiro atoms. The molecule has 0 aliphatic rings. The number of rotatable bonds is 4. The van der Waals surface area contributed by atoms with Crippen LogP contribution in [0.2, 0.25) is 0 Å². The minimum absolute atomic E-state index is 0.0877. The summed E-state index contributed by atoms with van der Waals surface area (Å²) in [6.45, 7) is 22.1. The molecule has 0 heterocycles. The second kappa shape index (κ2) is 5.97. The van der Waals surface area contributed by atoms with Gasteiger partial charge in [0.1, 0.15) is 7.14 Å². The summed E-state index contributed by atoms with van der Waals surface area (Å²) in [6.07, 6.45) is 0. The van der Waals surface area contributed by atoms with E-state index in [0.717, 1.165) is 5.90 Å². The van der Waals surface area contributed by atoms with Crippen molar-refractivity contribution in [3.8, 4) is 0 Å². The minimum Gasteiger partial charge on any atom is -0.322 e. The first-order chi connectivity index (χ1) is 7.74. The van der Waals surface area contributed by atoms with Crippen LogP contribution >= 0.6 is 15.1 Å². The molecule has 0 saturated heterocycles. The van der Waals surface area contributed by atoms with Gasteiger partial charge in [-0.15, -0.1) is 0 Å². The second-order valence-corrected chi connectivity index (χ2v) is 16.3. The summed E-state index contributed by atoms with van der Waals surface area (Å²) in [5, 5.41) is -0.175. The van der Waals surface area contributed by atoms with Crippen LogP contribution in [0.3, 0.4) is 0 Å². The Balaban J connectivity index is 5.47. The van der Waals surface area contributed by atoms with Crippen LogP contribution in [0.15, 0.2) is 0 Å². The van der Waals surface area contributed by atoms with Crippen LogP contribution in [0.4, 0.5) is 0 Å². The fourth-order valence-electron chi connectivity index (χ4n) is 2.58. The van der Waals surface area contributed by atoms with Crippen LogP contribution in [-0.2, 0) is 4.57 Å². The highest BCUT2D eigenvalue weighted by Gasteiger charge is 2.47. The fourth-order valence-corrected chi connectivity index (χ4v) is 13.6. The first-order valence-corrected chi connectivity index (χ1v) is 10.6. The third-order valence-electron chi connectivity index (χ3n) is 3.86. The maximum absolute atomic E-state index is 13.7. The molecule has 0 aromatic rings. The van der Waals surface area contributed by atoms with Crippen LogP contribution in [-0.4, -0.2) is 27.5 Å². The van der Waals surface area contributed by atoms with Crippen molar-refractivity contribution < 1.29 is 4.57 Å². The van der Waals surface area contributed by atoms with Crippen molar-refractivity contribution in [1.29, 1.82) is 0 Å². The van der Waals surface area contributed by atoms with E-state index in [-0.39, 0.29) is 18.2 Å². The molecule has 0 saturated carbocycles. The summed E-state index contributed by atoms with van der Waals surface area (Å²) in [5.41, 5.74) is 1.33. The zero-order chi connectivity index (χ0) is 14.9. The zero-order valence-electron chi connectivity index (χ0n) is 14.2. The first kappa shape index (κ1) is 18.7. The second-order valence-electron chi connectivity index (χ2n) is 7.92. The monoisotopic (exact) mass is 292 g/mol. The summed E-state index contributed by atoms with van der Waals surface area (Å²) in [4.78, 5) is 0. The molecule has 0 aromatic heterocycles. The van der Waals surface area contributed by atoms with Gasteiger partial charge in [-0.25, -0.2) is 0 Å². The minimum atomic E-state index is -2.22. The topological polar surface area (TPSA) is 17.1 Å². The van der Waals surface area contributed by atoms with Gasteiger partial charge in [0, 0.05) is 16.2 Å². The molecule has 0 radical (unpaired) electrons. The Morgan fingerprint density at radius 1 is 0.833 bits per heavy atom. The number of hydrogen-bond acceptors (Lipinski definition) is 1. The highest BCUT2D eigenvalue weighted by Crippen LogP contribution is 2.73. The van der Waals surface area contributed by atoms with Crippen LogP contribution < -0.4 is 0 Å². The maximum atomic E-state index is 13.7. The Bertz CT molecular complexity index is 279. The summed E-state index contributed by atoms with van der Waals surface area (Å²) < 4.78 is 13.7. The molecule has 0 aromatic carbocycles. The molecular weight excluding hydrogens is 258 g/mol. The van der Waals surface area contributed by atoms with Crippen molar-refractivity contribution in [3.05, 3.63) is 0 Å². The predicted molar refractivity (Wildman–Crippen MR) is 89.2 cm³/mol. The molecule has 18 heavy (non-hydrogen) atoms. The summed E-state index contributed by atoms with van der Waals surface area (Å²) >= 11 is 0. The zero-order valence-corrected chi connectivity index (χ0v) is 16.0. The maximum Gasteiger partial charge on any atom is 0.102 e. The van der Waals surface area contributed by atoms with Gasteiger partial charge in [0.05, 0.1) is 0 Å². The first-order valence-electron chi connectivity index (χ1n) is 7.09. The van der Waals surface area contributed by atoms with Crippen molar-refractivity contribution >= 4 is 15.1 Å².